The van der Waals surface area contributed by atoms with Gasteiger partial charge in [-0.1, -0.05) is 13.2 Å². The Balaban J connectivity index is 2.00. The molecule has 0 atom stereocenters. The van der Waals surface area contributed by atoms with Gasteiger partial charge in [-0.3, -0.25) is 34.2 Å². The van der Waals surface area contributed by atoms with Crippen LogP contribution < -0.4 is 26.8 Å². The number of nitrogens with one attached hydrogen (secondary N) is 3. The molecule has 12 nitrogen and oxygen atoms in total. The van der Waals surface area contributed by atoms with E-state index < -0.39 is 10.9 Å². The van der Waals surface area contributed by atoms with Gasteiger partial charge in [-0.2, -0.15) is 0 Å². The first-order chi connectivity index (χ1) is 21.8. The molecule has 0 aliphatic carbocycles. The van der Waals surface area contributed by atoms with E-state index in [-0.39, 0.29) is 24.1 Å². The zero-order valence-corrected chi connectivity index (χ0v) is 30.2. The molecule has 0 radical (unpaired) electrons. The quantitative estimate of drug-likeness (QED) is 0.0456. The van der Waals surface area contributed by atoms with Gasteiger partial charge in [0.25, 0.3) is 5.43 Å². The standard InChI is InChI=1S/C33H55IN6O6/c1-25(15-18-29(43)39(5)23-13-7-11-21-37-31-30(34)32(44)33(31)45)35-19-9-8-14-24-40(46)26(2)16-17-28(42)36-20-10-6-12-22-38(4)27(3)41/h35,37,46H,1-2,6-24H2,3-5H3,(H,36,42). The Kier molecular flexibility index (Phi) is 20.9. The molecular weight excluding hydrogens is 703 g/mol. The molecule has 260 valence electrons. The van der Waals surface area contributed by atoms with E-state index in [0.717, 1.165) is 81.6 Å². The van der Waals surface area contributed by atoms with Gasteiger partial charge >= 0.3 is 0 Å². The van der Waals surface area contributed by atoms with Gasteiger partial charge in [0.15, 0.2) is 0 Å². The Morgan fingerprint density at radius 2 is 1.28 bits per heavy atom. The Hall–Kier alpha value is -2.94. The number of carbonyl (C=O) groups excluding carboxylic acids is 3. The molecule has 0 aliphatic rings. The lowest BCUT2D eigenvalue weighted by atomic mass is 10.2. The van der Waals surface area contributed by atoms with Crippen molar-refractivity contribution < 1.29 is 19.6 Å². The third-order valence-electron chi connectivity index (χ3n) is 7.85. The van der Waals surface area contributed by atoms with Crippen LogP contribution in [0.5, 0.6) is 0 Å². The van der Waals surface area contributed by atoms with E-state index in [0.29, 0.717) is 60.4 Å². The lowest BCUT2D eigenvalue weighted by molar-refractivity contribution is -0.130. The molecule has 1 aromatic carbocycles. The zero-order chi connectivity index (χ0) is 34.5. The van der Waals surface area contributed by atoms with Crippen molar-refractivity contribution in [2.45, 2.75) is 90.4 Å². The number of hydrogen-bond donors (Lipinski definition) is 4. The summed E-state index contributed by atoms with van der Waals surface area (Å²) in [6.07, 6.45) is 9.55. The minimum Gasteiger partial charge on any atom is -0.389 e. The van der Waals surface area contributed by atoms with Gasteiger partial charge in [-0.05, 0) is 93.2 Å². The summed E-state index contributed by atoms with van der Waals surface area (Å²) in [4.78, 5) is 61.8. The topological polar surface area (TPSA) is 151 Å². The molecule has 4 N–H and O–H groups in total. The SMILES string of the molecule is C=C(CCC(=O)N(C)CCCCCNc1c(I)c(=O)c1=O)NCCCCCN(O)C(=C)CCC(=O)NCCCCCN(C)C(C)=O. The Morgan fingerprint density at radius 3 is 1.89 bits per heavy atom. The smallest absolute Gasteiger partial charge is 0.251 e. The fourth-order valence-corrected chi connectivity index (χ4v) is 5.23. The highest BCUT2D eigenvalue weighted by Crippen LogP contribution is 2.12. The van der Waals surface area contributed by atoms with Crippen molar-refractivity contribution in [1.82, 2.24) is 25.5 Å². The highest BCUT2D eigenvalue weighted by molar-refractivity contribution is 14.1. The van der Waals surface area contributed by atoms with Crippen molar-refractivity contribution in [3.8, 4) is 0 Å². The van der Waals surface area contributed by atoms with Crippen molar-refractivity contribution in [2.75, 3.05) is 58.7 Å². The van der Waals surface area contributed by atoms with Gasteiger partial charge in [0.05, 0.1) is 3.57 Å². The maximum Gasteiger partial charge on any atom is 0.251 e. The van der Waals surface area contributed by atoms with Crippen molar-refractivity contribution in [3.63, 3.8) is 0 Å². The number of unbranched alkanes of at least 4 members (excludes halogenated alkanes) is 6. The number of halogens is 1. The fraction of sp³-hybridized carbons (Fsp3) is 0.667. The van der Waals surface area contributed by atoms with Crippen LogP contribution in [0.15, 0.2) is 34.1 Å². The number of anilines is 1. The predicted octanol–water partition coefficient (Wildman–Crippen LogP) is 3.73. The molecule has 0 spiro atoms. The summed E-state index contributed by atoms with van der Waals surface area (Å²) >= 11 is 1.88. The summed E-state index contributed by atoms with van der Waals surface area (Å²) in [5.74, 6) is 0.0688. The van der Waals surface area contributed by atoms with Crippen LogP contribution in [0.4, 0.5) is 5.69 Å². The molecule has 0 aliphatic heterocycles. The molecule has 0 bridgehead atoms. The monoisotopic (exact) mass is 758 g/mol. The second-order valence-electron chi connectivity index (χ2n) is 11.8. The van der Waals surface area contributed by atoms with Crippen LogP contribution in [-0.2, 0) is 14.4 Å². The number of allylic oxidation sites excluding steroid dienone is 2. The Morgan fingerprint density at radius 1 is 0.717 bits per heavy atom. The molecule has 46 heavy (non-hydrogen) atoms. The predicted molar refractivity (Wildman–Crippen MR) is 191 cm³/mol. The Bertz CT molecular complexity index is 1200. The highest BCUT2D eigenvalue weighted by Gasteiger charge is 2.17. The molecule has 0 fully saturated rings. The minimum atomic E-state index is -0.437. The van der Waals surface area contributed by atoms with Gasteiger partial charge in [0.2, 0.25) is 23.2 Å². The number of nitrogens with zero attached hydrogens (tertiary/aromatic N) is 3. The van der Waals surface area contributed by atoms with Crippen molar-refractivity contribution in [3.05, 3.63) is 48.6 Å². The third-order valence-corrected chi connectivity index (χ3v) is 8.88. The second-order valence-corrected chi connectivity index (χ2v) is 12.9. The lowest BCUT2D eigenvalue weighted by Crippen LogP contribution is -2.37. The first kappa shape index (κ1) is 41.1. The first-order valence-corrected chi connectivity index (χ1v) is 17.4. The largest absolute Gasteiger partial charge is 0.389 e. The second kappa shape index (κ2) is 23.4. The highest BCUT2D eigenvalue weighted by atomic mass is 127. The van der Waals surface area contributed by atoms with Gasteiger partial charge in [0, 0.05) is 84.5 Å². The number of amides is 3. The van der Waals surface area contributed by atoms with E-state index in [1.54, 1.807) is 30.8 Å². The van der Waals surface area contributed by atoms with Crippen LogP contribution in [0.1, 0.15) is 90.4 Å². The average molecular weight is 759 g/mol. The molecule has 3 amide bonds. The van der Waals surface area contributed by atoms with E-state index in [2.05, 4.69) is 29.1 Å². The zero-order valence-electron chi connectivity index (χ0n) is 28.1. The van der Waals surface area contributed by atoms with Crippen molar-refractivity contribution >= 4 is 46.0 Å². The maximum absolute atomic E-state index is 12.4. The minimum absolute atomic E-state index is 0.0566. The van der Waals surface area contributed by atoms with Crippen LogP contribution in [0.3, 0.4) is 0 Å². The Labute approximate surface area is 287 Å². The van der Waals surface area contributed by atoms with Crippen LogP contribution in [-0.4, -0.2) is 91.2 Å². The van der Waals surface area contributed by atoms with Gasteiger partial charge in [-0.25, -0.2) is 0 Å². The lowest BCUT2D eigenvalue weighted by Gasteiger charge is -2.19. The summed E-state index contributed by atoms with van der Waals surface area (Å²) < 4.78 is 0.478. The molecule has 1 aromatic rings. The van der Waals surface area contributed by atoms with Gasteiger partial charge < -0.3 is 25.8 Å². The summed E-state index contributed by atoms with van der Waals surface area (Å²) in [5.41, 5.74) is 0.926. The van der Waals surface area contributed by atoms with E-state index in [9.17, 15) is 29.2 Å². The number of hydrogen-bond acceptors (Lipinski definition) is 9. The molecular formula is C33H55IN6O6. The van der Waals surface area contributed by atoms with Crippen molar-refractivity contribution in [2.24, 2.45) is 0 Å². The van der Waals surface area contributed by atoms with Crippen LogP contribution in [0.2, 0.25) is 0 Å². The van der Waals surface area contributed by atoms with Gasteiger partial charge in [-0.15, -0.1) is 0 Å². The average Bonchev–Trinajstić information content (AvgIpc) is 3.03. The maximum atomic E-state index is 12.4. The molecule has 1 rings (SSSR count). The molecule has 0 heterocycles. The molecule has 13 heteroatoms. The van der Waals surface area contributed by atoms with E-state index in [1.165, 1.54) is 0 Å². The molecule has 0 aromatic heterocycles. The summed E-state index contributed by atoms with van der Waals surface area (Å²) in [6, 6.07) is 0. The number of carbonyl (C=O) groups is 3. The van der Waals surface area contributed by atoms with E-state index in [1.807, 2.05) is 22.6 Å². The first-order valence-electron chi connectivity index (χ1n) is 16.4. The fourth-order valence-electron chi connectivity index (χ4n) is 4.55. The van der Waals surface area contributed by atoms with E-state index >= 15 is 0 Å². The van der Waals surface area contributed by atoms with Gasteiger partial charge in [0.1, 0.15) is 5.69 Å². The summed E-state index contributed by atoms with van der Waals surface area (Å²) in [6.45, 7) is 13.3. The van der Waals surface area contributed by atoms with E-state index in [4.69, 9.17) is 0 Å². The van der Waals surface area contributed by atoms with Crippen LogP contribution in [0, 0.1) is 3.57 Å². The number of rotatable bonds is 27. The molecule has 0 saturated heterocycles. The number of hydroxylamine groups is 2. The van der Waals surface area contributed by atoms with Crippen LogP contribution >= 0.6 is 22.6 Å². The normalized spacial score (nSPS) is 10.8. The van der Waals surface area contributed by atoms with Crippen LogP contribution in [0.25, 0.3) is 0 Å². The molecule has 0 saturated carbocycles. The molecule has 0 unspecified atom stereocenters. The summed E-state index contributed by atoms with van der Waals surface area (Å²) in [7, 11) is 3.59. The third kappa shape index (κ3) is 17.1. The van der Waals surface area contributed by atoms with Crippen molar-refractivity contribution in [1.29, 1.82) is 0 Å². The summed E-state index contributed by atoms with van der Waals surface area (Å²) in [5, 5.41) is 20.5.